The molecule has 0 bridgehead atoms. The van der Waals surface area contributed by atoms with E-state index in [9.17, 15) is 18.0 Å². The van der Waals surface area contributed by atoms with Crippen LogP contribution in [0.15, 0.2) is 57.9 Å². The number of rotatable bonds is 6. The van der Waals surface area contributed by atoms with E-state index in [1.54, 1.807) is 60.0 Å². The molecule has 1 aliphatic heterocycles. The number of nitrogens with zero attached hydrogens (tertiary/aromatic N) is 3. The minimum Gasteiger partial charge on any atom is -0.497 e. The molecule has 1 aromatic heterocycles. The number of aryl methyl sites for hydroxylation is 2. The van der Waals surface area contributed by atoms with Crippen molar-refractivity contribution in [3.05, 3.63) is 71.1 Å². The Bertz CT molecular complexity index is 1340. The lowest BCUT2D eigenvalue weighted by molar-refractivity contribution is 0.0512. The molecule has 2 heterocycles. The maximum absolute atomic E-state index is 13.2. The largest absolute Gasteiger partial charge is 0.497 e. The van der Waals surface area contributed by atoms with E-state index in [0.717, 1.165) is 0 Å². The van der Waals surface area contributed by atoms with Crippen molar-refractivity contribution in [1.29, 1.82) is 0 Å². The van der Waals surface area contributed by atoms with Crippen molar-refractivity contribution in [2.45, 2.75) is 18.7 Å². The molecule has 1 aliphatic rings. The van der Waals surface area contributed by atoms with E-state index >= 15 is 0 Å². The maximum atomic E-state index is 13.2. The summed E-state index contributed by atoms with van der Waals surface area (Å²) in [5.41, 5.74) is 1.96. The number of aromatic nitrogens is 1. The van der Waals surface area contributed by atoms with E-state index in [4.69, 9.17) is 9.26 Å². The Labute approximate surface area is 203 Å². The molecule has 1 N–H and O–H groups in total. The quantitative estimate of drug-likeness (QED) is 0.554. The Balaban J connectivity index is 1.46. The van der Waals surface area contributed by atoms with E-state index < -0.39 is 10.0 Å². The van der Waals surface area contributed by atoms with Gasteiger partial charge in [0.2, 0.25) is 5.76 Å². The SMILES string of the molecule is COc1ccc(NS(=O)(=O)c2ccc(C)c(C(=O)N3CCN(C(=O)c4cc(C)no4)CC3)c2)cc1. The molecule has 2 amide bonds. The highest BCUT2D eigenvalue weighted by molar-refractivity contribution is 7.92. The van der Waals surface area contributed by atoms with Gasteiger partial charge < -0.3 is 19.1 Å². The fourth-order valence-corrected chi connectivity index (χ4v) is 4.86. The molecular weight excluding hydrogens is 472 g/mol. The normalized spacial score (nSPS) is 14.0. The van der Waals surface area contributed by atoms with E-state index in [-0.39, 0.29) is 22.5 Å². The van der Waals surface area contributed by atoms with Crippen molar-refractivity contribution in [3.63, 3.8) is 0 Å². The zero-order chi connectivity index (χ0) is 25.2. The second-order valence-corrected chi connectivity index (χ2v) is 9.91. The van der Waals surface area contributed by atoms with Gasteiger partial charge in [0.1, 0.15) is 5.75 Å². The van der Waals surface area contributed by atoms with Crippen LogP contribution in [-0.2, 0) is 10.0 Å². The summed E-state index contributed by atoms with van der Waals surface area (Å²) < 4.78 is 38.6. The number of ether oxygens (including phenoxy) is 1. The Morgan fingerprint density at radius 2 is 1.57 bits per heavy atom. The molecule has 0 saturated carbocycles. The van der Waals surface area contributed by atoms with Crippen molar-refractivity contribution in [2.75, 3.05) is 38.0 Å². The zero-order valence-corrected chi connectivity index (χ0v) is 20.5. The topological polar surface area (TPSA) is 122 Å². The van der Waals surface area contributed by atoms with Crippen LogP contribution in [0.2, 0.25) is 0 Å². The number of benzene rings is 2. The zero-order valence-electron chi connectivity index (χ0n) is 19.6. The predicted octanol–water partition coefficient (Wildman–Crippen LogP) is 2.70. The molecule has 11 heteroatoms. The van der Waals surface area contributed by atoms with Crippen LogP contribution in [0, 0.1) is 13.8 Å². The van der Waals surface area contributed by atoms with Gasteiger partial charge in [-0.3, -0.25) is 14.3 Å². The van der Waals surface area contributed by atoms with Crippen molar-refractivity contribution >= 4 is 27.5 Å². The first-order chi connectivity index (χ1) is 16.7. The summed E-state index contributed by atoms with van der Waals surface area (Å²) in [6.45, 7) is 4.80. The van der Waals surface area contributed by atoms with Crippen molar-refractivity contribution in [2.24, 2.45) is 0 Å². The Hall–Kier alpha value is -3.86. The van der Waals surface area contributed by atoms with Gasteiger partial charge in [-0.15, -0.1) is 0 Å². The number of nitrogens with one attached hydrogen (secondary N) is 1. The predicted molar refractivity (Wildman–Crippen MR) is 128 cm³/mol. The number of amides is 2. The van der Waals surface area contributed by atoms with Crippen LogP contribution < -0.4 is 9.46 Å². The number of carbonyl (C=O) groups excluding carboxylic acids is 2. The summed E-state index contributed by atoms with van der Waals surface area (Å²) in [4.78, 5) is 29.0. The highest BCUT2D eigenvalue weighted by Crippen LogP contribution is 2.23. The summed E-state index contributed by atoms with van der Waals surface area (Å²) in [6, 6.07) is 12.5. The van der Waals surface area contributed by atoms with Crippen LogP contribution >= 0.6 is 0 Å². The van der Waals surface area contributed by atoms with Gasteiger partial charge in [0.15, 0.2) is 0 Å². The standard InChI is InChI=1S/C24H26N4O6S/c1-16-4-9-20(35(31,32)26-18-5-7-19(33-3)8-6-18)15-21(16)23(29)27-10-12-28(13-11-27)24(30)22-14-17(2)25-34-22/h4-9,14-15,26H,10-13H2,1-3H3. The minimum atomic E-state index is -3.92. The molecule has 10 nitrogen and oxygen atoms in total. The van der Waals surface area contributed by atoms with E-state index in [1.807, 2.05) is 0 Å². The third-order valence-electron chi connectivity index (χ3n) is 5.78. The Kier molecular flexibility index (Phi) is 6.79. The molecule has 184 valence electrons. The van der Waals surface area contributed by atoms with Crippen LogP contribution in [0.3, 0.4) is 0 Å². The second-order valence-electron chi connectivity index (χ2n) is 8.23. The average molecular weight is 499 g/mol. The van der Waals surface area contributed by atoms with Crippen molar-refractivity contribution in [3.8, 4) is 5.75 Å². The smallest absolute Gasteiger partial charge is 0.292 e. The molecule has 4 rings (SSSR count). The van der Waals surface area contributed by atoms with E-state index in [0.29, 0.717) is 54.4 Å². The average Bonchev–Trinajstić information content (AvgIpc) is 3.30. The number of hydrogen-bond donors (Lipinski definition) is 1. The summed E-state index contributed by atoms with van der Waals surface area (Å²) >= 11 is 0. The number of anilines is 1. The molecule has 3 aromatic rings. The minimum absolute atomic E-state index is 0.0169. The van der Waals surface area contributed by atoms with Crippen LogP contribution in [0.4, 0.5) is 5.69 Å². The molecule has 1 fully saturated rings. The summed E-state index contributed by atoms with van der Waals surface area (Å²) in [6.07, 6.45) is 0. The van der Waals surface area contributed by atoms with Crippen LogP contribution in [0.25, 0.3) is 0 Å². The van der Waals surface area contributed by atoms with E-state index in [1.165, 1.54) is 19.2 Å². The first kappa shape index (κ1) is 24.3. The monoisotopic (exact) mass is 498 g/mol. The van der Waals surface area contributed by atoms with Crippen molar-refractivity contribution in [1.82, 2.24) is 15.0 Å². The molecule has 0 atom stereocenters. The fourth-order valence-electron chi connectivity index (χ4n) is 3.78. The molecule has 0 unspecified atom stereocenters. The number of methoxy groups -OCH3 is 1. The third-order valence-corrected chi connectivity index (χ3v) is 7.16. The van der Waals surface area contributed by atoms with Gasteiger partial charge in [-0.1, -0.05) is 11.2 Å². The third kappa shape index (κ3) is 5.29. The first-order valence-electron chi connectivity index (χ1n) is 11.0. The highest BCUT2D eigenvalue weighted by Gasteiger charge is 2.28. The number of sulfonamides is 1. The van der Waals surface area contributed by atoms with Crippen LogP contribution in [0.5, 0.6) is 5.75 Å². The molecule has 2 aromatic carbocycles. The lowest BCUT2D eigenvalue weighted by atomic mass is 10.1. The van der Waals surface area contributed by atoms with Gasteiger partial charge in [-0.25, -0.2) is 8.42 Å². The summed E-state index contributed by atoms with van der Waals surface area (Å²) in [7, 11) is -2.39. The van der Waals surface area contributed by atoms with Gasteiger partial charge in [0.25, 0.3) is 21.8 Å². The molecule has 1 saturated heterocycles. The van der Waals surface area contributed by atoms with Gasteiger partial charge in [0.05, 0.1) is 17.7 Å². The van der Waals surface area contributed by atoms with Gasteiger partial charge >= 0.3 is 0 Å². The lowest BCUT2D eigenvalue weighted by Gasteiger charge is -2.34. The second kappa shape index (κ2) is 9.79. The summed E-state index contributed by atoms with van der Waals surface area (Å²) in [5, 5.41) is 3.74. The summed E-state index contributed by atoms with van der Waals surface area (Å²) in [5.74, 6) is 0.215. The van der Waals surface area contributed by atoms with Crippen LogP contribution in [0.1, 0.15) is 32.2 Å². The van der Waals surface area contributed by atoms with Crippen LogP contribution in [-0.4, -0.2) is 68.5 Å². The van der Waals surface area contributed by atoms with Gasteiger partial charge in [-0.05, 0) is 55.8 Å². The number of hydrogen-bond acceptors (Lipinski definition) is 7. The number of carbonyl (C=O) groups is 2. The highest BCUT2D eigenvalue weighted by atomic mass is 32.2. The van der Waals surface area contributed by atoms with Crippen molar-refractivity contribution < 1.29 is 27.3 Å². The van der Waals surface area contributed by atoms with E-state index in [2.05, 4.69) is 9.88 Å². The Morgan fingerprint density at radius 1 is 0.943 bits per heavy atom. The fraction of sp³-hybridized carbons (Fsp3) is 0.292. The molecule has 0 aliphatic carbocycles. The first-order valence-corrected chi connectivity index (χ1v) is 12.5. The molecule has 35 heavy (non-hydrogen) atoms. The number of piperazine rings is 1. The van der Waals surface area contributed by atoms with Gasteiger partial charge in [-0.2, -0.15) is 0 Å². The molecule has 0 spiro atoms. The molecular formula is C24H26N4O6S. The molecule has 0 radical (unpaired) electrons. The van der Waals surface area contributed by atoms with Gasteiger partial charge in [0, 0.05) is 43.5 Å². The Morgan fingerprint density at radius 3 is 2.14 bits per heavy atom. The lowest BCUT2D eigenvalue weighted by Crippen LogP contribution is -2.50. The maximum Gasteiger partial charge on any atom is 0.292 e.